The Bertz CT molecular complexity index is 1620. The lowest BCUT2D eigenvalue weighted by Crippen LogP contribution is -2.72. The van der Waals surface area contributed by atoms with Crippen molar-refractivity contribution in [3.63, 3.8) is 0 Å². The molecular weight excluding hydrogens is 630 g/mol. The predicted molar refractivity (Wildman–Crippen MR) is 174 cm³/mol. The molecule has 0 saturated carbocycles. The Morgan fingerprint density at radius 3 is 2.02 bits per heavy atom. The smallest absolute Gasteiger partial charge is 0.408 e. The summed E-state index contributed by atoms with van der Waals surface area (Å²) in [5.74, 6) is -1.61. The van der Waals surface area contributed by atoms with E-state index in [-0.39, 0.29) is 16.5 Å². The molecule has 3 amide bonds. The highest BCUT2D eigenvalue weighted by Crippen LogP contribution is 2.51. The molecule has 46 heavy (non-hydrogen) atoms. The molecule has 0 radical (unpaired) electrons. The Hall–Kier alpha value is -4.48. The monoisotopic (exact) mass is 663 g/mol. The van der Waals surface area contributed by atoms with E-state index in [2.05, 4.69) is 10.6 Å². The molecule has 5 rings (SSSR count). The minimum absolute atomic E-state index is 0.136. The van der Waals surface area contributed by atoms with Crippen molar-refractivity contribution < 1.29 is 33.8 Å². The zero-order valence-corrected chi connectivity index (χ0v) is 27.2. The number of hydrogen-bond donors (Lipinski definition) is 3. The molecule has 3 aromatic carbocycles. The van der Waals surface area contributed by atoms with Crippen molar-refractivity contribution in [1.29, 1.82) is 0 Å². The first-order valence-electron chi connectivity index (χ1n) is 14.5. The minimum Gasteiger partial charge on any atom is -0.497 e. The molecule has 12 heteroatoms. The van der Waals surface area contributed by atoms with Gasteiger partial charge in [-0.1, -0.05) is 84.4 Å². The number of carboxylic acids is 1. The predicted octanol–water partition coefficient (Wildman–Crippen LogP) is 5.18. The highest BCUT2D eigenvalue weighted by Gasteiger charge is 2.60. The van der Waals surface area contributed by atoms with Gasteiger partial charge in [-0.05, 0) is 49.6 Å². The number of carbonyl (C=O) groups is 4. The van der Waals surface area contributed by atoms with Gasteiger partial charge >= 0.3 is 12.1 Å². The molecule has 2 aliphatic rings. The molecule has 3 aromatic rings. The van der Waals surface area contributed by atoms with Gasteiger partial charge in [0.05, 0.1) is 12.8 Å². The number of benzene rings is 3. The summed E-state index contributed by atoms with van der Waals surface area (Å²) in [4.78, 5) is 55.3. The number of rotatable bonds is 9. The SMILES string of the molecule is COc1ccc([C@@H](NC(=O)OC(C)(C)C)C(=O)NC2C(=O)N3C(C(C(=O)O)(c4ccccc4)c4ccccc4)=C(Cl)CSC23)cc1. The number of aliphatic carboxylic acids is 1. The number of ether oxygens (including phenoxy) is 2. The summed E-state index contributed by atoms with van der Waals surface area (Å²) in [6.45, 7) is 5.11. The van der Waals surface area contributed by atoms with Crippen LogP contribution in [0.3, 0.4) is 0 Å². The Morgan fingerprint density at radius 1 is 0.957 bits per heavy atom. The van der Waals surface area contributed by atoms with Crippen LogP contribution in [0.4, 0.5) is 4.79 Å². The fourth-order valence-electron chi connectivity index (χ4n) is 5.67. The summed E-state index contributed by atoms with van der Waals surface area (Å²) >= 11 is 8.14. The van der Waals surface area contributed by atoms with Gasteiger partial charge in [0.1, 0.15) is 28.8 Å². The standard InChI is InChI=1S/C34H34ClN3O7S/c1-33(2,3)45-32(43)37-25(20-15-17-23(44-4)18-16-20)28(39)36-26-29(40)38-27(24(35)19-46-30(26)38)34(31(41)42,21-11-7-5-8-12-21)22-13-9-6-10-14-22/h5-18,25-26,30H,19H2,1-4H3,(H,36,39)(H,37,43)(H,41,42)/t25-,26?,30?/m1/s1. The summed E-state index contributed by atoms with van der Waals surface area (Å²) in [6.07, 6.45) is -0.814. The van der Waals surface area contributed by atoms with Gasteiger partial charge in [0.25, 0.3) is 5.91 Å². The van der Waals surface area contributed by atoms with Gasteiger partial charge < -0.3 is 25.2 Å². The van der Waals surface area contributed by atoms with E-state index in [0.29, 0.717) is 22.4 Å². The van der Waals surface area contributed by atoms with Gasteiger partial charge in [0, 0.05) is 10.8 Å². The highest BCUT2D eigenvalue weighted by molar-refractivity contribution is 8.00. The fourth-order valence-corrected chi connectivity index (χ4v) is 7.28. The van der Waals surface area contributed by atoms with Crippen LogP contribution in [0.2, 0.25) is 0 Å². The average Bonchev–Trinajstić information content (AvgIpc) is 3.03. The second kappa shape index (κ2) is 13.1. The van der Waals surface area contributed by atoms with E-state index in [1.807, 2.05) is 0 Å². The van der Waals surface area contributed by atoms with Crippen LogP contribution in [0.15, 0.2) is 95.7 Å². The van der Waals surface area contributed by atoms with Crippen LogP contribution in [0, 0.1) is 0 Å². The molecular formula is C34H34ClN3O7S. The van der Waals surface area contributed by atoms with Crippen LogP contribution in [0.25, 0.3) is 0 Å². The topological polar surface area (TPSA) is 134 Å². The van der Waals surface area contributed by atoms with Gasteiger partial charge in [-0.25, -0.2) is 4.79 Å². The lowest BCUT2D eigenvalue weighted by Gasteiger charge is -2.53. The Kier molecular flexibility index (Phi) is 9.37. The van der Waals surface area contributed by atoms with Crippen LogP contribution < -0.4 is 15.4 Å². The molecule has 10 nitrogen and oxygen atoms in total. The number of fused-ring (bicyclic) bond motifs is 1. The van der Waals surface area contributed by atoms with Gasteiger partial charge in [0.2, 0.25) is 5.91 Å². The highest BCUT2D eigenvalue weighted by atomic mass is 35.5. The molecule has 2 heterocycles. The van der Waals surface area contributed by atoms with Crippen molar-refractivity contribution in [3.05, 3.63) is 112 Å². The molecule has 1 fully saturated rings. The molecule has 0 spiro atoms. The molecule has 240 valence electrons. The largest absolute Gasteiger partial charge is 0.497 e. The second-order valence-electron chi connectivity index (χ2n) is 11.8. The zero-order valence-electron chi connectivity index (χ0n) is 25.7. The van der Waals surface area contributed by atoms with Crippen LogP contribution in [-0.2, 0) is 24.5 Å². The maximum Gasteiger partial charge on any atom is 0.408 e. The Balaban J connectivity index is 1.48. The number of hydrogen-bond acceptors (Lipinski definition) is 7. The van der Waals surface area contributed by atoms with Crippen molar-refractivity contribution in [2.45, 2.75) is 49.2 Å². The summed E-state index contributed by atoms with van der Waals surface area (Å²) in [6, 6.07) is 21.6. The lowest BCUT2D eigenvalue weighted by molar-refractivity contribution is -0.149. The van der Waals surface area contributed by atoms with Crippen molar-refractivity contribution >= 4 is 47.2 Å². The van der Waals surface area contributed by atoms with Gasteiger partial charge in [0.15, 0.2) is 5.41 Å². The lowest BCUT2D eigenvalue weighted by atomic mass is 9.70. The van der Waals surface area contributed by atoms with Gasteiger partial charge in [-0.3, -0.25) is 19.3 Å². The summed E-state index contributed by atoms with van der Waals surface area (Å²) in [5.41, 5.74) is -1.21. The molecule has 0 aromatic heterocycles. The molecule has 3 atom stereocenters. The van der Waals surface area contributed by atoms with Crippen LogP contribution in [-0.4, -0.2) is 63.8 Å². The third-order valence-corrected chi connectivity index (χ3v) is 9.43. The van der Waals surface area contributed by atoms with E-state index in [4.69, 9.17) is 21.1 Å². The zero-order chi connectivity index (χ0) is 33.2. The number of methoxy groups -OCH3 is 1. The Labute approximate surface area is 276 Å². The van der Waals surface area contributed by atoms with E-state index >= 15 is 0 Å². The first-order valence-corrected chi connectivity index (χ1v) is 15.9. The molecule has 2 aliphatic heterocycles. The van der Waals surface area contributed by atoms with Crippen LogP contribution in [0.5, 0.6) is 5.75 Å². The molecule has 3 N–H and O–H groups in total. The molecule has 0 aliphatic carbocycles. The van der Waals surface area contributed by atoms with Crippen LogP contribution >= 0.6 is 23.4 Å². The molecule has 2 unspecified atom stereocenters. The van der Waals surface area contributed by atoms with Gasteiger partial charge in [-0.2, -0.15) is 0 Å². The number of nitrogens with one attached hydrogen (secondary N) is 2. The van der Waals surface area contributed by atoms with E-state index in [1.165, 1.54) is 23.8 Å². The number of amides is 3. The first kappa shape index (κ1) is 32.9. The van der Waals surface area contributed by atoms with Crippen molar-refractivity contribution in [1.82, 2.24) is 15.5 Å². The first-order chi connectivity index (χ1) is 21.9. The van der Waals surface area contributed by atoms with Crippen molar-refractivity contribution in [2.75, 3.05) is 12.9 Å². The number of thioether (sulfide) groups is 1. The normalized spacial score (nSPS) is 18.5. The number of nitrogens with zero attached hydrogens (tertiary/aromatic N) is 1. The van der Waals surface area contributed by atoms with E-state index in [1.54, 1.807) is 106 Å². The second-order valence-corrected chi connectivity index (χ2v) is 13.4. The third kappa shape index (κ3) is 6.17. The number of β-lactam (4-membered cyclic amide) rings is 1. The third-order valence-electron chi connectivity index (χ3n) is 7.68. The van der Waals surface area contributed by atoms with E-state index in [0.717, 1.165) is 0 Å². The summed E-state index contributed by atoms with van der Waals surface area (Å²) < 4.78 is 10.6. The van der Waals surface area contributed by atoms with E-state index < -0.39 is 52.4 Å². The maximum atomic E-state index is 14.0. The molecule has 0 bridgehead atoms. The van der Waals surface area contributed by atoms with Crippen molar-refractivity contribution in [2.24, 2.45) is 0 Å². The minimum atomic E-state index is -1.81. The Morgan fingerprint density at radius 2 is 1.52 bits per heavy atom. The number of carbonyl (C=O) groups excluding carboxylic acids is 3. The fraction of sp³-hybridized carbons (Fsp3) is 0.294. The molecule has 1 saturated heterocycles. The summed E-state index contributed by atoms with van der Waals surface area (Å²) in [7, 11) is 1.51. The van der Waals surface area contributed by atoms with Crippen molar-refractivity contribution in [3.8, 4) is 5.75 Å². The average molecular weight is 664 g/mol. The number of alkyl carbamates (subject to hydrolysis) is 1. The van der Waals surface area contributed by atoms with Gasteiger partial charge in [-0.15, -0.1) is 11.8 Å². The van der Waals surface area contributed by atoms with E-state index in [9.17, 15) is 24.3 Å². The maximum absolute atomic E-state index is 14.0. The van der Waals surface area contributed by atoms with Crippen LogP contribution in [0.1, 0.15) is 43.5 Å². The number of carboxylic acid groups (broad SMARTS) is 1. The summed E-state index contributed by atoms with van der Waals surface area (Å²) in [5, 5.41) is 15.9. The number of halogens is 1. The quantitative estimate of drug-likeness (QED) is 0.267.